The van der Waals surface area contributed by atoms with Gasteiger partial charge in [0.1, 0.15) is 18.0 Å². The van der Waals surface area contributed by atoms with Gasteiger partial charge in [0.05, 0.1) is 0 Å². The molecule has 2 aromatic rings. The molecule has 0 radical (unpaired) electrons. The van der Waals surface area contributed by atoms with Crippen molar-refractivity contribution in [3.8, 4) is 5.75 Å². The molecule has 3 rings (SSSR count). The summed E-state index contributed by atoms with van der Waals surface area (Å²) in [5.74, 6) is 0.629. The van der Waals surface area contributed by atoms with Gasteiger partial charge >= 0.3 is 0 Å². The molecule has 0 aromatic heterocycles. The second kappa shape index (κ2) is 4.44. The van der Waals surface area contributed by atoms with E-state index in [-0.39, 0.29) is 0 Å². The maximum absolute atomic E-state index is 10.2. The topological polar surface area (TPSA) is 49.7 Å². The lowest BCUT2D eigenvalue weighted by molar-refractivity contribution is -0.0699. The highest BCUT2D eigenvalue weighted by Crippen LogP contribution is 2.40. The second-order valence-corrected chi connectivity index (χ2v) is 4.42. The van der Waals surface area contributed by atoms with Crippen molar-refractivity contribution in [3.05, 3.63) is 65.7 Å². The molecule has 0 spiro atoms. The molecule has 0 bridgehead atoms. The first-order valence-electron chi connectivity index (χ1n) is 5.94. The summed E-state index contributed by atoms with van der Waals surface area (Å²) < 4.78 is 5.79. The van der Waals surface area contributed by atoms with Gasteiger partial charge in [0.15, 0.2) is 6.10 Å². The lowest BCUT2D eigenvalue weighted by Gasteiger charge is -2.34. The molecule has 1 heterocycles. The van der Waals surface area contributed by atoms with Crippen LogP contribution in [0.3, 0.4) is 0 Å². The van der Waals surface area contributed by atoms with E-state index >= 15 is 0 Å². The van der Waals surface area contributed by atoms with Crippen molar-refractivity contribution in [2.45, 2.75) is 18.3 Å². The Morgan fingerprint density at radius 1 is 0.833 bits per heavy atom. The Labute approximate surface area is 105 Å². The minimum Gasteiger partial charge on any atom is -0.482 e. The average molecular weight is 242 g/mol. The number of aliphatic hydroxyl groups is 2. The Balaban J connectivity index is 2.01. The Morgan fingerprint density at radius 3 is 2.28 bits per heavy atom. The van der Waals surface area contributed by atoms with Gasteiger partial charge in [-0.05, 0) is 11.6 Å². The van der Waals surface area contributed by atoms with Crippen LogP contribution in [0.2, 0.25) is 0 Å². The lowest BCUT2D eigenvalue weighted by atomic mass is 9.92. The molecular formula is C15H14O3. The van der Waals surface area contributed by atoms with Crippen LogP contribution < -0.4 is 4.74 Å². The molecule has 0 amide bonds. The van der Waals surface area contributed by atoms with E-state index in [0.717, 1.165) is 5.56 Å². The van der Waals surface area contributed by atoms with Crippen molar-refractivity contribution in [2.24, 2.45) is 0 Å². The highest BCUT2D eigenvalue weighted by Gasteiger charge is 2.36. The maximum Gasteiger partial charge on any atom is 0.152 e. The molecule has 1 aliphatic heterocycles. The molecule has 1 aliphatic rings. The minimum absolute atomic E-state index is 0.531. The van der Waals surface area contributed by atoms with Gasteiger partial charge in [0.25, 0.3) is 0 Å². The molecule has 18 heavy (non-hydrogen) atoms. The highest BCUT2D eigenvalue weighted by molar-refractivity contribution is 5.39. The number of hydrogen-bond acceptors (Lipinski definition) is 3. The summed E-state index contributed by atoms with van der Waals surface area (Å²) in [6, 6.07) is 16.7. The first-order valence-corrected chi connectivity index (χ1v) is 5.94. The maximum atomic E-state index is 10.2. The van der Waals surface area contributed by atoms with E-state index in [2.05, 4.69) is 0 Å². The third-order valence-electron chi connectivity index (χ3n) is 3.25. The zero-order chi connectivity index (χ0) is 12.5. The predicted octanol–water partition coefficient (Wildman–Crippen LogP) is 2.21. The van der Waals surface area contributed by atoms with Gasteiger partial charge in [-0.1, -0.05) is 48.5 Å². The van der Waals surface area contributed by atoms with E-state index in [1.807, 2.05) is 42.5 Å². The van der Waals surface area contributed by atoms with Crippen molar-refractivity contribution in [3.63, 3.8) is 0 Å². The lowest BCUT2D eigenvalue weighted by Crippen LogP contribution is -2.34. The van der Waals surface area contributed by atoms with Gasteiger partial charge in [-0.2, -0.15) is 0 Å². The van der Waals surface area contributed by atoms with Crippen LogP contribution in [0.25, 0.3) is 0 Å². The van der Waals surface area contributed by atoms with E-state index < -0.39 is 18.3 Å². The van der Waals surface area contributed by atoms with E-state index in [4.69, 9.17) is 4.74 Å². The van der Waals surface area contributed by atoms with E-state index in [1.54, 1.807) is 12.1 Å². The Kier molecular flexibility index (Phi) is 2.78. The largest absolute Gasteiger partial charge is 0.482 e. The van der Waals surface area contributed by atoms with Crippen LogP contribution in [0.15, 0.2) is 54.6 Å². The molecule has 0 fully saturated rings. The molecule has 0 aliphatic carbocycles. The number of hydrogen-bond donors (Lipinski definition) is 2. The monoisotopic (exact) mass is 242 g/mol. The average Bonchev–Trinajstić information content (AvgIpc) is 2.44. The summed E-state index contributed by atoms with van der Waals surface area (Å²) in [6.07, 6.45) is -2.40. The van der Waals surface area contributed by atoms with Gasteiger partial charge in [-0.15, -0.1) is 0 Å². The molecule has 0 saturated heterocycles. The smallest absolute Gasteiger partial charge is 0.152 e. The fourth-order valence-corrected chi connectivity index (χ4v) is 2.30. The molecular weight excluding hydrogens is 228 g/mol. The first-order chi connectivity index (χ1) is 8.77. The summed E-state index contributed by atoms with van der Waals surface area (Å²) in [5.41, 5.74) is 1.50. The van der Waals surface area contributed by atoms with Crippen LogP contribution in [-0.4, -0.2) is 16.3 Å². The van der Waals surface area contributed by atoms with Crippen LogP contribution in [0.1, 0.15) is 23.3 Å². The van der Waals surface area contributed by atoms with Gasteiger partial charge < -0.3 is 14.9 Å². The predicted molar refractivity (Wildman–Crippen MR) is 67.2 cm³/mol. The summed E-state index contributed by atoms with van der Waals surface area (Å²) in [5, 5.41) is 20.3. The molecule has 2 aromatic carbocycles. The zero-order valence-corrected chi connectivity index (χ0v) is 9.73. The normalized spacial score (nSPS) is 26.2. The SMILES string of the molecule is OC1c2ccccc2OC(c2ccccc2)C1O. The number of para-hydroxylation sites is 1. The van der Waals surface area contributed by atoms with Crippen molar-refractivity contribution in [1.29, 1.82) is 0 Å². The van der Waals surface area contributed by atoms with Crippen LogP contribution >= 0.6 is 0 Å². The molecule has 3 nitrogen and oxygen atoms in total. The van der Waals surface area contributed by atoms with Crippen molar-refractivity contribution < 1.29 is 14.9 Å². The van der Waals surface area contributed by atoms with E-state index in [0.29, 0.717) is 11.3 Å². The standard InChI is InChI=1S/C15H14O3/c16-13-11-8-4-5-9-12(11)18-15(14(13)17)10-6-2-1-3-7-10/h1-9,13-17H. The van der Waals surface area contributed by atoms with Crippen molar-refractivity contribution >= 4 is 0 Å². The van der Waals surface area contributed by atoms with Gasteiger partial charge in [-0.25, -0.2) is 0 Å². The Hall–Kier alpha value is -1.84. The number of fused-ring (bicyclic) bond motifs is 1. The summed E-state index contributed by atoms with van der Waals surface area (Å²) in [7, 11) is 0. The van der Waals surface area contributed by atoms with Crippen LogP contribution in [0, 0.1) is 0 Å². The Morgan fingerprint density at radius 2 is 1.50 bits per heavy atom. The second-order valence-electron chi connectivity index (χ2n) is 4.42. The zero-order valence-electron chi connectivity index (χ0n) is 9.73. The molecule has 3 heteroatoms. The summed E-state index contributed by atoms with van der Waals surface area (Å²) in [6.45, 7) is 0. The van der Waals surface area contributed by atoms with Crippen molar-refractivity contribution in [1.82, 2.24) is 0 Å². The van der Waals surface area contributed by atoms with E-state index in [9.17, 15) is 10.2 Å². The Bertz CT molecular complexity index is 538. The number of rotatable bonds is 1. The summed E-state index contributed by atoms with van der Waals surface area (Å²) >= 11 is 0. The quantitative estimate of drug-likeness (QED) is 0.806. The van der Waals surface area contributed by atoms with Crippen LogP contribution in [0.5, 0.6) is 5.75 Å². The number of ether oxygens (including phenoxy) is 1. The number of aliphatic hydroxyl groups excluding tert-OH is 2. The van der Waals surface area contributed by atoms with Gasteiger partial charge in [0.2, 0.25) is 0 Å². The molecule has 3 unspecified atom stereocenters. The fourth-order valence-electron chi connectivity index (χ4n) is 2.30. The van der Waals surface area contributed by atoms with Crippen molar-refractivity contribution in [2.75, 3.05) is 0 Å². The van der Waals surface area contributed by atoms with E-state index in [1.165, 1.54) is 0 Å². The summed E-state index contributed by atoms with van der Waals surface area (Å²) in [4.78, 5) is 0. The van der Waals surface area contributed by atoms with Crippen LogP contribution in [0.4, 0.5) is 0 Å². The van der Waals surface area contributed by atoms with Gasteiger partial charge in [-0.3, -0.25) is 0 Å². The molecule has 0 saturated carbocycles. The highest BCUT2D eigenvalue weighted by atomic mass is 16.5. The minimum atomic E-state index is -0.956. The third-order valence-corrected chi connectivity index (χ3v) is 3.25. The fraction of sp³-hybridized carbons (Fsp3) is 0.200. The van der Waals surface area contributed by atoms with Gasteiger partial charge in [0, 0.05) is 5.56 Å². The van der Waals surface area contributed by atoms with Crippen LogP contribution in [-0.2, 0) is 0 Å². The third kappa shape index (κ3) is 1.78. The number of benzene rings is 2. The molecule has 2 N–H and O–H groups in total. The first kappa shape index (κ1) is 11.3. The molecule has 3 atom stereocenters. The molecule has 92 valence electrons.